The zero-order valence-electron chi connectivity index (χ0n) is 17.7. The van der Waals surface area contributed by atoms with E-state index >= 15 is 0 Å². The summed E-state index contributed by atoms with van der Waals surface area (Å²) in [5, 5.41) is 6.24. The second kappa shape index (κ2) is 9.62. The molecule has 0 bridgehead atoms. The van der Waals surface area contributed by atoms with Crippen molar-refractivity contribution in [3.8, 4) is 11.3 Å². The highest BCUT2D eigenvalue weighted by atomic mass is 32.1. The molecule has 8 heteroatoms. The summed E-state index contributed by atoms with van der Waals surface area (Å²) >= 11 is 1.44. The molecule has 1 aromatic carbocycles. The molecule has 0 spiro atoms. The molecular weight excluding hydrogens is 417 g/mol. The molecule has 0 radical (unpaired) electrons. The summed E-state index contributed by atoms with van der Waals surface area (Å²) in [7, 11) is 0. The Labute approximate surface area is 185 Å². The van der Waals surface area contributed by atoms with Crippen molar-refractivity contribution < 1.29 is 18.4 Å². The molecule has 1 aliphatic rings. The molecule has 0 saturated carbocycles. The molecule has 1 amide bonds. The number of hydrogen-bond acceptors (Lipinski definition) is 6. The minimum absolute atomic E-state index is 0.0106. The van der Waals surface area contributed by atoms with Crippen LogP contribution in [0.1, 0.15) is 35.5 Å². The molecule has 1 saturated heterocycles. The zero-order chi connectivity index (χ0) is 21.8. The Balaban J connectivity index is 1.74. The maximum absolute atomic E-state index is 13.5. The topological polar surface area (TPSA) is 58.8 Å². The summed E-state index contributed by atoms with van der Waals surface area (Å²) in [5.74, 6) is 0.328. The van der Waals surface area contributed by atoms with Crippen LogP contribution in [-0.2, 0) is 11.3 Å². The van der Waals surface area contributed by atoms with E-state index in [0.717, 1.165) is 17.5 Å². The Bertz CT molecular complexity index is 998. The highest BCUT2D eigenvalue weighted by Crippen LogP contribution is 2.34. The van der Waals surface area contributed by atoms with Crippen molar-refractivity contribution in [3.63, 3.8) is 0 Å². The van der Waals surface area contributed by atoms with Crippen molar-refractivity contribution in [1.82, 2.24) is 10.1 Å². The fraction of sp³-hybridized carbons (Fsp3) is 0.391. The maximum atomic E-state index is 13.5. The number of halogens is 1. The lowest BCUT2D eigenvalue weighted by molar-refractivity contribution is 0.0676. The van der Waals surface area contributed by atoms with E-state index in [9.17, 15) is 9.18 Å². The summed E-state index contributed by atoms with van der Waals surface area (Å²) in [6.45, 7) is 7.06. The van der Waals surface area contributed by atoms with Crippen LogP contribution in [-0.4, -0.2) is 48.3 Å². The number of ether oxygens (including phenoxy) is 1. The Hall–Kier alpha value is -2.71. The van der Waals surface area contributed by atoms with Crippen LogP contribution < -0.4 is 4.90 Å². The number of amides is 1. The van der Waals surface area contributed by atoms with E-state index in [-0.39, 0.29) is 17.8 Å². The van der Waals surface area contributed by atoms with Gasteiger partial charge in [0.2, 0.25) is 5.88 Å². The first-order chi connectivity index (χ1) is 15.1. The lowest BCUT2D eigenvalue weighted by Crippen LogP contribution is -2.39. The molecule has 2 aromatic heterocycles. The van der Waals surface area contributed by atoms with Crippen molar-refractivity contribution >= 4 is 23.1 Å². The van der Waals surface area contributed by atoms with Crippen molar-refractivity contribution in [2.75, 3.05) is 31.2 Å². The second-order valence-corrected chi connectivity index (χ2v) is 8.54. The third kappa shape index (κ3) is 4.65. The number of benzene rings is 1. The van der Waals surface area contributed by atoms with E-state index in [1.54, 1.807) is 12.1 Å². The second-order valence-electron chi connectivity index (χ2n) is 7.59. The first-order valence-electron chi connectivity index (χ1n) is 10.5. The summed E-state index contributed by atoms with van der Waals surface area (Å²) in [5.41, 5.74) is 2.22. The number of hydrogen-bond donors (Lipinski definition) is 0. The van der Waals surface area contributed by atoms with Gasteiger partial charge in [-0.05, 0) is 49.1 Å². The van der Waals surface area contributed by atoms with Crippen LogP contribution in [0.2, 0.25) is 0 Å². The van der Waals surface area contributed by atoms with Gasteiger partial charge in [0.25, 0.3) is 5.91 Å². The van der Waals surface area contributed by atoms with Gasteiger partial charge < -0.3 is 19.1 Å². The summed E-state index contributed by atoms with van der Waals surface area (Å²) in [6.07, 6.45) is 0.821. The van der Waals surface area contributed by atoms with Gasteiger partial charge in [-0.3, -0.25) is 4.79 Å². The highest BCUT2D eigenvalue weighted by molar-refractivity contribution is 7.12. The number of carbonyl (C=O) groups excluding carboxylic acids is 1. The fourth-order valence-corrected chi connectivity index (χ4v) is 4.33. The van der Waals surface area contributed by atoms with E-state index in [1.807, 2.05) is 29.3 Å². The van der Waals surface area contributed by atoms with Crippen molar-refractivity contribution in [3.05, 3.63) is 58.0 Å². The van der Waals surface area contributed by atoms with E-state index in [0.29, 0.717) is 49.3 Å². The number of aromatic nitrogens is 1. The van der Waals surface area contributed by atoms with E-state index < -0.39 is 0 Å². The number of rotatable bonds is 7. The fourth-order valence-electron chi connectivity index (χ4n) is 3.65. The number of thiophene rings is 1. The summed E-state index contributed by atoms with van der Waals surface area (Å²) in [4.78, 5) is 18.0. The molecule has 31 heavy (non-hydrogen) atoms. The summed E-state index contributed by atoms with van der Waals surface area (Å²) < 4.78 is 24.8. The largest absolute Gasteiger partial charge is 0.378 e. The molecule has 1 aliphatic heterocycles. The third-order valence-electron chi connectivity index (χ3n) is 5.63. The minimum Gasteiger partial charge on any atom is -0.378 e. The van der Waals surface area contributed by atoms with Crippen LogP contribution in [0.15, 0.2) is 46.3 Å². The van der Waals surface area contributed by atoms with Crippen LogP contribution in [0.4, 0.5) is 10.3 Å². The van der Waals surface area contributed by atoms with Gasteiger partial charge in [0, 0.05) is 24.7 Å². The molecule has 6 nitrogen and oxygen atoms in total. The van der Waals surface area contributed by atoms with Gasteiger partial charge in [0.15, 0.2) is 0 Å². The van der Waals surface area contributed by atoms with Crippen LogP contribution in [0.3, 0.4) is 0 Å². The van der Waals surface area contributed by atoms with Crippen LogP contribution in [0, 0.1) is 5.82 Å². The van der Waals surface area contributed by atoms with Gasteiger partial charge in [-0.1, -0.05) is 18.1 Å². The average molecular weight is 444 g/mol. The van der Waals surface area contributed by atoms with Gasteiger partial charge in [0.05, 0.1) is 30.2 Å². The molecule has 3 aromatic rings. The Morgan fingerprint density at radius 2 is 2.00 bits per heavy atom. The van der Waals surface area contributed by atoms with E-state index in [4.69, 9.17) is 9.26 Å². The Morgan fingerprint density at radius 3 is 2.65 bits per heavy atom. The van der Waals surface area contributed by atoms with Crippen molar-refractivity contribution in [1.29, 1.82) is 0 Å². The van der Waals surface area contributed by atoms with Crippen molar-refractivity contribution in [2.24, 2.45) is 0 Å². The lowest BCUT2D eigenvalue weighted by Gasteiger charge is -2.31. The smallest absolute Gasteiger partial charge is 0.264 e. The Kier molecular flexibility index (Phi) is 6.67. The lowest BCUT2D eigenvalue weighted by atomic mass is 10.1. The van der Waals surface area contributed by atoms with Gasteiger partial charge in [-0.15, -0.1) is 11.3 Å². The standard InChI is InChI=1S/C23H26FN3O3S/c1-3-16(2)27(22(28)20-5-4-14-31-20)15-19-21(17-6-8-18(24)9-7-17)25-30-23(19)26-10-12-29-13-11-26/h4-9,14,16H,3,10-13,15H2,1-2H3. The molecule has 0 N–H and O–H groups in total. The Morgan fingerprint density at radius 1 is 1.26 bits per heavy atom. The summed E-state index contributed by atoms with van der Waals surface area (Å²) in [6, 6.07) is 9.96. The van der Waals surface area contributed by atoms with E-state index in [1.165, 1.54) is 23.5 Å². The monoisotopic (exact) mass is 443 g/mol. The SMILES string of the molecule is CCC(C)N(Cc1c(-c2ccc(F)cc2)noc1N1CCOCC1)C(=O)c1cccs1. The van der Waals surface area contributed by atoms with Crippen LogP contribution >= 0.6 is 11.3 Å². The molecule has 164 valence electrons. The minimum atomic E-state index is -0.309. The molecule has 1 unspecified atom stereocenters. The first-order valence-corrected chi connectivity index (χ1v) is 11.4. The molecule has 1 atom stereocenters. The van der Waals surface area contributed by atoms with Crippen LogP contribution in [0.5, 0.6) is 0 Å². The predicted molar refractivity (Wildman–Crippen MR) is 119 cm³/mol. The highest BCUT2D eigenvalue weighted by Gasteiger charge is 2.29. The van der Waals surface area contributed by atoms with E-state index in [2.05, 4.69) is 17.0 Å². The molecule has 0 aliphatic carbocycles. The number of anilines is 1. The maximum Gasteiger partial charge on any atom is 0.264 e. The van der Waals surface area contributed by atoms with Gasteiger partial charge in [0.1, 0.15) is 11.5 Å². The van der Waals surface area contributed by atoms with Gasteiger partial charge in [-0.25, -0.2) is 4.39 Å². The van der Waals surface area contributed by atoms with Gasteiger partial charge >= 0.3 is 0 Å². The molecular formula is C23H26FN3O3S. The van der Waals surface area contributed by atoms with Crippen molar-refractivity contribution in [2.45, 2.75) is 32.9 Å². The quantitative estimate of drug-likeness (QED) is 0.524. The first kappa shape index (κ1) is 21.5. The number of nitrogens with zero attached hydrogens (tertiary/aromatic N) is 3. The molecule has 1 fully saturated rings. The normalized spacial score (nSPS) is 15.1. The zero-order valence-corrected chi connectivity index (χ0v) is 18.5. The van der Waals surface area contributed by atoms with Gasteiger partial charge in [-0.2, -0.15) is 0 Å². The average Bonchev–Trinajstić information content (AvgIpc) is 3.48. The third-order valence-corrected chi connectivity index (χ3v) is 6.49. The molecule has 3 heterocycles. The number of morpholine rings is 1. The van der Waals surface area contributed by atoms with Crippen LogP contribution in [0.25, 0.3) is 11.3 Å². The number of carbonyl (C=O) groups is 1. The molecule has 4 rings (SSSR count). The predicted octanol–water partition coefficient (Wildman–Crippen LogP) is 4.82.